The Hall–Kier alpha value is -3.22. The molecule has 1 heterocycles. The van der Waals surface area contributed by atoms with Gasteiger partial charge in [0.15, 0.2) is 0 Å². The molecule has 1 saturated heterocycles. The number of nitrogens with two attached hydrogens (primary N) is 2. The number of carbonyl (C=O) groups excluding carboxylic acids is 5. The summed E-state index contributed by atoms with van der Waals surface area (Å²) in [5.41, 5.74) is 10.2. The van der Waals surface area contributed by atoms with E-state index in [1.165, 1.54) is 6.92 Å². The van der Waals surface area contributed by atoms with Crippen LogP contribution in [0, 0.1) is 0 Å². The summed E-state index contributed by atoms with van der Waals surface area (Å²) in [5.74, 6) is -5.12. The molecular formula is C17H28N6O7. The Morgan fingerprint density at radius 2 is 1.63 bits per heavy atom. The number of amides is 5. The maximum atomic E-state index is 12.6. The quantitative estimate of drug-likeness (QED) is 0.164. The second-order valence-electron chi connectivity index (χ2n) is 7.02. The fourth-order valence-electron chi connectivity index (χ4n) is 2.79. The third-order valence-electron chi connectivity index (χ3n) is 4.46. The fraction of sp³-hybridized carbons (Fsp3) is 0.647. The molecule has 9 N–H and O–H groups in total. The summed E-state index contributed by atoms with van der Waals surface area (Å²) in [6, 6.07) is -4.43. The SMILES string of the molecule is CC(NC(=O)C(CCC(N)=O)NC(=O)C(CC(N)=O)NC(=O)C1CCCN1)C(=O)O. The molecule has 1 aliphatic rings. The van der Waals surface area contributed by atoms with E-state index in [1.54, 1.807) is 0 Å². The molecule has 168 valence electrons. The molecule has 5 amide bonds. The Labute approximate surface area is 172 Å². The minimum Gasteiger partial charge on any atom is -0.480 e. The van der Waals surface area contributed by atoms with E-state index >= 15 is 0 Å². The van der Waals surface area contributed by atoms with Crippen LogP contribution in [0.5, 0.6) is 0 Å². The first-order chi connectivity index (χ1) is 14.0. The molecule has 0 aromatic carbocycles. The van der Waals surface area contributed by atoms with Gasteiger partial charge in [0.25, 0.3) is 0 Å². The molecule has 0 aliphatic carbocycles. The van der Waals surface area contributed by atoms with Crippen molar-refractivity contribution < 1.29 is 33.9 Å². The summed E-state index contributed by atoms with van der Waals surface area (Å²) in [7, 11) is 0. The largest absolute Gasteiger partial charge is 0.480 e. The average Bonchev–Trinajstić information content (AvgIpc) is 3.18. The second-order valence-corrected chi connectivity index (χ2v) is 7.02. The Bertz CT molecular complexity index is 692. The van der Waals surface area contributed by atoms with Gasteiger partial charge in [-0.3, -0.25) is 28.8 Å². The van der Waals surface area contributed by atoms with Crippen LogP contribution in [0.15, 0.2) is 0 Å². The second kappa shape index (κ2) is 11.7. The van der Waals surface area contributed by atoms with E-state index in [0.717, 1.165) is 6.42 Å². The highest BCUT2D eigenvalue weighted by Gasteiger charge is 2.31. The van der Waals surface area contributed by atoms with Gasteiger partial charge in [-0.1, -0.05) is 0 Å². The topological polar surface area (TPSA) is 223 Å². The van der Waals surface area contributed by atoms with Gasteiger partial charge >= 0.3 is 5.97 Å². The molecule has 1 aliphatic heterocycles. The van der Waals surface area contributed by atoms with Gasteiger partial charge in [0, 0.05) is 6.42 Å². The molecule has 1 rings (SSSR count). The van der Waals surface area contributed by atoms with Gasteiger partial charge in [-0.2, -0.15) is 0 Å². The lowest BCUT2D eigenvalue weighted by atomic mass is 10.1. The third kappa shape index (κ3) is 8.43. The number of carbonyl (C=O) groups is 6. The molecule has 0 bridgehead atoms. The Morgan fingerprint density at radius 1 is 1.00 bits per heavy atom. The minimum absolute atomic E-state index is 0.208. The van der Waals surface area contributed by atoms with Gasteiger partial charge in [-0.05, 0) is 32.7 Å². The zero-order valence-electron chi connectivity index (χ0n) is 16.6. The monoisotopic (exact) mass is 428 g/mol. The van der Waals surface area contributed by atoms with Crippen molar-refractivity contribution >= 4 is 35.5 Å². The van der Waals surface area contributed by atoms with Crippen LogP contribution >= 0.6 is 0 Å². The highest BCUT2D eigenvalue weighted by molar-refractivity contribution is 5.96. The number of primary amides is 2. The van der Waals surface area contributed by atoms with Crippen LogP contribution < -0.4 is 32.7 Å². The Balaban J connectivity index is 2.88. The van der Waals surface area contributed by atoms with Crippen LogP contribution in [-0.4, -0.2) is 71.3 Å². The third-order valence-corrected chi connectivity index (χ3v) is 4.46. The molecule has 4 unspecified atom stereocenters. The van der Waals surface area contributed by atoms with Gasteiger partial charge in [0.05, 0.1) is 12.5 Å². The van der Waals surface area contributed by atoms with Crippen LogP contribution in [0.25, 0.3) is 0 Å². The van der Waals surface area contributed by atoms with E-state index in [4.69, 9.17) is 16.6 Å². The number of nitrogens with one attached hydrogen (secondary N) is 4. The van der Waals surface area contributed by atoms with Crippen molar-refractivity contribution in [3.05, 3.63) is 0 Å². The first-order valence-electron chi connectivity index (χ1n) is 9.45. The van der Waals surface area contributed by atoms with Crippen LogP contribution in [0.2, 0.25) is 0 Å². The average molecular weight is 428 g/mol. The van der Waals surface area contributed by atoms with E-state index in [0.29, 0.717) is 13.0 Å². The molecule has 0 aromatic rings. The van der Waals surface area contributed by atoms with Crippen molar-refractivity contribution in [3.63, 3.8) is 0 Å². The Kier molecular flexibility index (Phi) is 9.68. The lowest BCUT2D eigenvalue weighted by Crippen LogP contribution is -2.57. The normalized spacial score (nSPS) is 18.5. The molecular weight excluding hydrogens is 400 g/mol. The molecule has 0 saturated carbocycles. The number of hydrogen-bond donors (Lipinski definition) is 7. The van der Waals surface area contributed by atoms with Crippen LogP contribution in [0.3, 0.4) is 0 Å². The Morgan fingerprint density at radius 3 is 2.13 bits per heavy atom. The van der Waals surface area contributed by atoms with Crippen LogP contribution in [-0.2, 0) is 28.8 Å². The number of rotatable bonds is 12. The van der Waals surface area contributed by atoms with E-state index < -0.39 is 66.1 Å². The predicted molar refractivity (Wildman–Crippen MR) is 102 cm³/mol. The summed E-state index contributed by atoms with van der Waals surface area (Å²) in [4.78, 5) is 70.6. The first-order valence-corrected chi connectivity index (χ1v) is 9.45. The van der Waals surface area contributed by atoms with E-state index in [2.05, 4.69) is 21.3 Å². The summed E-state index contributed by atoms with van der Waals surface area (Å²) < 4.78 is 0. The molecule has 30 heavy (non-hydrogen) atoms. The summed E-state index contributed by atoms with van der Waals surface area (Å²) >= 11 is 0. The molecule has 4 atom stereocenters. The van der Waals surface area contributed by atoms with Crippen molar-refractivity contribution in [2.45, 2.75) is 63.2 Å². The van der Waals surface area contributed by atoms with Gasteiger partial charge < -0.3 is 37.8 Å². The summed E-state index contributed by atoms with van der Waals surface area (Å²) in [6.07, 6.45) is 0.356. The number of carboxylic acid groups (broad SMARTS) is 1. The highest BCUT2D eigenvalue weighted by atomic mass is 16.4. The van der Waals surface area contributed by atoms with Crippen molar-refractivity contribution in [1.82, 2.24) is 21.3 Å². The van der Waals surface area contributed by atoms with Crippen LogP contribution in [0.1, 0.15) is 39.0 Å². The zero-order chi connectivity index (χ0) is 22.8. The molecule has 1 fully saturated rings. The van der Waals surface area contributed by atoms with Crippen molar-refractivity contribution in [2.24, 2.45) is 11.5 Å². The lowest BCUT2D eigenvalue weighted by molar-refractivity contribution is -0.142. The van der Waals surface area contributed by atoms with Gasteiger partial charge in [0.1, 0.15) is 18.1 Å². The molecule has 13 nitrogen and oxygen atoms in total. The standard InChI is InChI=1S/C17H28N6O7/c1-8(17(29)30)21-15(27)10(4-5-12(18)24)22-16(28)11(7-13(19)25)23-14(26)9-3-2-6-20-9/h8-11,20H,2-7H2,1H3,(H2,18,24)(H2,19,25)(H,21,27)(H,22,28)(H,23,26)(H,29,30). The molecule has 0 spiro atoms. The molecule has 0 radical (unpaired) electrons. The maximum Gasteiger partial charge on any atom is 0.325 e. The minimum atomic E-state index is -1.35. The predicted octanol–water partition coefficient (Wildman–Crippen LogP) is -3.56. The lowest BCUT2D eigenvalue weighted by Gasteiger charge is -2.24. The zero-order valence-corrected chi connectivity index (χ0v) is 16.6. The maximum absolute atomic E-state index is 12.6. The van der Waals surface area contributed by atoms with Gasteiger partial charge in [-0.15, -0.1) is 0 Å². The van der Waals surface area contributed by atoms with Crippen molar-refractivity contribution in [2.75, 3.05) is 6.54 Å². The van der Waals surface area contributed by atoms with E-state index in [1.807, 2.05) is 0 Å². The summed E-state index contributed by atoms with van der Waals surface area (Å²) in [6.45, 7) is 1.86. The van der Waals surface area contributed by atoms with E-state index in [9.17, 15) is 28.8 Å². The summed E-state index contributed by atoms with van der Waals surface area (Å²) in [5, 5.41) is 18.8. The van der Waals surface area contributed by atoms with E-state index in [-0.39, 0.29) is 12.8 Å². The molecule has 13 heteroatoms. The fourth-order valence-corrected chi connectivity index (χ4v) is 2.79. The van der Waals surface area contributed by atoms with Gasteiger partial charge in [-0.25, -0.2) is 0 Å². The van der Waals surface area contributed by atoms with Crippen molar-refractivity contribution in [1.29, 1.82) is 0 Å². The van der Waals surface area contributed by atoms with Crippen LogP contribution in [0.4, 0.5) is 0 Å². The number of aliphatic carboxylic acids is 1. The van der Waals surface area contributed by atoms with Crippen molar-refractivity contribution in [3.8, 4) is 0 Å². The van der Waals surface area contributed by atoms with Gasteiger partial charge in [0.2, 0.25) is 29.5 Å². The number of hydrogen-bond acceptors (Lipinski definition) is 7. The highest BCUT2D eigenvalue weighted by Crippen LogP contribution is 2.06. The smallest absolute Gasteiger partial charge is 0.325 e. The first kappa shape index (κ1) is 24.8. The molecule has 0 aromatic heterocycles. The number of carboxylic acids is 1.